The molecule has 3 aromatic rings. The molecule has 2 aromatic heterocycles. The minimum absolute atomic E-state index is 0.167. The van der Waals surface area contributed by atoms with Gasteiger partial charge in [0, 0.05) is 19.0 Å². The number of amides is 1. The second-order valence-electron chi connectivity index (χ2n) is 5.59. The van der Waals surface area contributed by atoms with Crippen LogP contribution in [0.1, 0.15) is 33.4 Å². The molecular weight excluding hydrogens is 312 g/mol. The fourth-order valence-electron chi connectivity index (χ4n) is 2.98. The van der Waals surface area contributed by atoms with Crippen LogP contribution in [0.15, 0.2) is 41.8 Å². The summed E-state index contributed by atoms with van der Waals surface area (Å²) < 4.78 is 1.24. The summed E-state index contributed by atoms with van der Waals surface area (Å²) in [7, 11) is 0. The monoisotopic (exact) mass is 328 g/mol. The smallest absolute Gasteiger partial charge is 0.263 e. The summed E-state index contributed by atoms with van der Waals surface area (Å²) in [4.78, 5) is 20.1. The van der Waals surface area contributed by atoms with E-state index in [0.717, 1.165) is 36.3 Å². The average molecular weight is 328 g/mol. The molecule has 0 bridgehead atoms. The molecule has 0 spiro atoms. The van der Waals surface area contributed by atoms with Crippen molar-refractivity contribution in [2.24, 2.45) is 0 Å². The maximum Gasteiger partial charge on any atom is 0.263 e. The number of carbonyl (C=O) groups is 1. The number of thiophene rings is 1. The van der Waals surface area contributed by atoms with E-state index in [-0.39, 0.29) is 5.91 Å². The number of rotatable bonds is 2. The van der Waals surface area contributed by atoms with Crippen LogP contribution in [-0.4, -0.2) is 28.9 Å². The third-order valence-electron chi connectivity index (χ3n) is 4.10. The Balaban J connectivity index is 1.56. The first kappa shape index (κ1) is 13.9. The SMILES string of the molecule is O=C(c1cccs1)N1CCC[C@@H](c2nc3ccccc3s2)C1. The van der Waals surface area contributed by atoms with Crippen molar-refractivity contribution >= 4 is 38.8 Å². The zero-order valence-electron chi connectivity index (χ0n) is 12.1. The highest BCUT2D eigenvalue weighted by Gasteiger charge is 2.27. The van der Waals surface area contributed by atoms with Gasteiger partial charge >= 0.3 is 0 Å². The number of piperidine rings is 1. The molecule has 0 unspecified atom stereocenters. The number of benzene rings is 1. The normalized spacial score (nSPS) is 18.7. The van der Waals surface area contributed by atoms with Gasteiger partial charge in [-0.05, 0) is 36.4 Å². The topological polar surface area (TPSA) is 33.2 Å². The Kier molecular flexibility index (Phi) is 3.68. The van der Waals surface area contributed by atoms with Gasteiger partial charge in [0.25, 0.3) is 5.91 Å². The zero-order chi connectivity index (χ0) is 14.9. The van der Waals surface area contributed by atoms with Crippen molar-refractivity contribution in [3.05, 3.63) is 51.7 Å². The Morgan fingerprint density at radius 2 is 2.14 bits per heavy atom. The molecule has 1 atom stereocenters. The number of likely N-dealkylation sites (tertiary alicyclic amines) is 1. The van der Waals surface area contributed by atoms with Crippen molar-refractivity contribution in [1.29, 1.82) is 0 Å². The molecule has 1 amide bonds. The minimum Gasteiger partial charge on any atom is -0.337 e. The first-order valence-electron chi connectivity index (χ1n) is 7.49. The standard InChI is InChI=1S/C17H16N2OS2/c20-17(15-8-4-10-21-15)19-9-3-5-12(11-19)16-18-13-6-1-2-7-14(13)22-16/h1-2,4,6-8,10,12H,3,5,9,11H2/t12-/m1/s1. The molecule has 1 aromatic carbocycles. The number of hydrogen-bond acceptors (Lipinski definition) is 4. The molecule has 22 heavy (non-hydrogen) atoms. The largest absolute Gasteiger partial charge is 0.337 e. The van der Waals surface area contributed by atoms with Gasteiger partial charge in [0.2, 0.25) is 0 Å². The first-order chi connectivity index (χ1) is 10.8. The molecule has 0 N–H and O–H groups in total. The number of fused-ring (bicyclic) bond motifs is 1. The minimum atomic E-state index is 0.167. The van der Waals surface area contributed by atoms with Crippen molar-refractivity contribution in [2.75, 3.05) is 13.1 Å². The maximum absolute atomic E-state index is 12.5. The Hall–Kier alpha value is -1.72. The van der Waals surface area contributed by atoms with Crippen molar-refractivity contribution in [2.45, 2.75) is 18.8 Å². The van der Waals surface area contributed by atoms with E-state index in [1.54, 1.807) is 11.3 Å². The second kappa shape index (κ2) is 5.82. The van der Waals surface area contributed by atoms with E-state index < -0.39 is 0 Å². The molecule has 1 fully saturated rings. The van der Waals surface area contributed by atoms with E-state index in [2.05, 4.69) is 18.2 Å². The summed E-state index contributed by atoms with van der Waals surface area (Å²) in [5.41, 5.74) is 1.07. The van der Waals surface area contributed by atoms with Crippen LogP contribution < -0.4 is 0 Å². The van der Waals surface area contributed by atoms with Gasteiger partial charge in [0.05, 0.1) is 20.1 Å². The van der Waals surface area contributed by atoms with Crippen LogP contribution in [0.3, 0.4) is 0 Å². The van der Waals surface area contributed by atoms with Crippen LogP contribution in [0.4, 0.5) is 0 Å². The molecule has 3 heterocycles. The van der Waals surface area contributed by atoms with E-state index in [1.807, 2.05) is 28.5 Å². The van der Waals surface area contributed by atoms with Crippen LogP contribution >= 0.6 is 22.7 Å². The molecular formula is C17H16N2OS2. The number of hydrogen-bond donors (Lipinski definition) is 0. The van der Waals surface area contributed by atoms with Crippen LogP contribution in [0.2, 0.25) is 0 Å². The highest BCUT2D eigenvalue weighted by Crippen LogP contribution is 2.33. The van der Waals surface area contributed by atoms with Gasteiger partial charge in [-0.25, -0.2) is 4.98 Å². The molecule has 1 aliphatic rings. The fourth-order valence-corrected chi connectivity index (χ4v) is 4.77. The van der Waals surface area contributed by atoms with Crippen molar-refractivity contribution in [1.82, 2.24) is 9.88 Å². The molecule has 5 heteroatoms. The predicted octanol–water partition coefficient (Wildman–Crippen LogP) is 4.38. The summed E-state index contributed by atoms with van der Waals surface area (Å²) in [6.07, 6.45) is 2.17. The Morgan fingerprint density at radius 1 is 1.23 bits per heavy atom. The lowest BCUT2D eigenvalue weighted by molar-refractivity contribution is 0.0712. The fraction of sp³-hybridized carbons (Fsp3) is 0.294. The van der Waals surface area contributed by atoms with Crippen LogP contribution in [0.25, 0.3) is 10.2 Å². The number of para-hydroxylation sites is 1. The number of nitrogens with zero attached hydrogens (tertiary/aromatic N) is 2. The van der Waals surface area contributed by atoms with Gasteiger partial charge in [0.15, 0.2) is 0 Å². The van der Waals surface area contributed by atoms with Gasteiger partial charge < -0.3 is 4.90 Å². The lowest BCUT2D eigenvalue weighted by Crippen LogP contribution is -2.38. The molecule has 4 rings (SSSR count). The second-order valence-corrected chi connectivity index (χ2v) is 7.60. The summed E-state index contributed by atoms with van der Waals surface area (Å²) in [6, 6.07) is 12.1. The van der Waals surface area contributed by atoms with E-state index in [4.69, 9.17) is 4.98 Å². The molecule has 1 saturated heterocycles. The van der Waals surface area contributed by atoms with Crippen LogP contribution in [0.5, 0.6) is 0 Å². The number of carbonyl (C=O) groups excluding carboxylic acids is 1. The van der Waals surface area contributed by atoms with Crippen LogP contribution in [-0.2, 0) is 0 Å². The zero-order valence-corrected chi connectivity index (χ0v) is 13.7. The first-order valence-corrected chi connectivity index (χ1v) is 9.19. The number of thiazole rings is 1. The van der Waals surface area contributed by atoms with E-state index >= 15 is 0 Å². The molecule has 0 saturated carbocycles. The van der Waals surface area contributed by atoms with Gasteiger partial charge in [-0.3, -0.25) is 4.79 Å². The molecule has 3 nitrogen and oxygen atoms in total. The third kappa shape index (κ3) is 2.55. The van der Waals surface area contributed by atoms with E-state index in [9.17, 15) is 4.79 Å². The third-order valence-corrected chi connectivity index (χ3v) is 6.16. The van der Waals surface area contributed by atoms with Gasteiger partial charge in [-0.15, -0.1) is 22.7 Å². The highest BCUT2D eigenvalue weighted by molar-refractivity contribution is 7.18. The highest BCUT2D eigenvalue weighted by atomic mass is 32.1. The van der Waals surface area contributed by atoms with Gasteiger partial charge in [-0.2, -0.15) is 0 Å². The summed E-state index contributed by atoms with van der Waals surface area (Å²) in [5, 5.41) is 3.13. The van der Waals surface area contributed by atoms with Gasteiger partial charge in [-0.1, -0.05) is 18.2 Å². The van der Waals surface area contributed by atoms with Crippen molar-refractivity contribution in [3.8, 4) is 0 Å². The summed E-state index contributed by atoms with van der Waals surface area (Å²) in [5.74, 6) is 0.538. The van der Waals surface area contributed by atoms with E-state index in [1.165, 1.54) is 21.0 Å². The quantitative estimate of drug-likeness (QED) is 0.699. The number of aromatic nitrogens is 1. The Morgan fingerprint density at radius 3 is 2.95 bits per heavy atom. The summed E-state index contributed by atoms with van der Waals surface area (Å²) >= 11 is 3.29. The lowest BCUT2D eigenvalue weighted by atomic mass is 9.98. The molecule has 1 aliphatic heterocycles. The maximum atomic E-state index is 12.5. The predicted molar refractivity (Wildman–Crippen MR) is 91.8 cm³/mol. The average Bonchev–Trinajstić information content (AvgIpc) is 3.23. The lowest BCUT2D eigenvalue weighted by Gasteiger charge is -2.31. The summed E-state index contributed by atoms with van der Waals surface area (Å²) in [6.45, 7) is 1.65. The van der Waals surface area contributed by atoms with Crippen molar-refractivity contribution in [3.63, 3.8) is 0 Å². The van der Waals surface area contributed by atoms with Gasteiger partial charge in [0.1, 0.15) is 0 Å². The Labute approximate surface area is 137 Å². The van der Waals surface area contributed by atoms with Crippen LogP contribution in [0, 0.1) is 0 Å². The van der Waals surface area contributed by atoms with Crippen molar-refractivity contribution < 1.29 is 4.79 Å². The molecule has 0 radical (unpaired) electrons. The molecule has 112 valence electrons. The molecule has 0 aliphatic carbocycles. The van der Waals surface area contributed by atoms with E-state index in [0.29, 0.717) is 5.92 Å². The Bertz CT molecular complexity index is 761.